The summed E-state index contributed by atoms with van der Waals surface area (Å²) < 4.78 is 4.66. The van der Waals surface area contributed by atoms with Crippen molar-refractivity contribution in [1.29, 1.82) is 0 Å². The van der Waals surface area contributed by atoms with E-state index in [1.54, 1.807) is 6.92 Å². The molecule has 0 saturated heterocycles. The molecule has 1 heterocycles. The van der Waals surface area contributed by atoms with E-state index in [1.165, 1.54) is 44.5 Å². The van der Waals surface area contributed by atoms with Gasteiger partial charge in [0.05, 0.1) is 12.2 Å². The summed E-state index contributed by atoms with van der Waals surface area (Å²) in [4.78, 5) is 31.1. The van der Waals surface area contributed by atoms with Crippen molar-refractivity contribution < 1.29 is 14.3 Å². The smallest absolute Gasteiger partial charge is 0.379 e. The highest BCUT2D eigenvalue weighted by Gasteiger charge is 2.18. The Kier molecular flexibility index (Phi) is 5.66. The average molecular weight is 291 g/mol. The molecule has 0 spiro atoms. The minimum Gasteiger partial charge on any atom is -0.460 e. The largest absolute Gasteiger partial charge is 0.460 e. The first kappa shape index (κ1) is 15.4. The van der Waals surface area contributed by atoms with Gasteiger partial charge in [-0.05, 0) is 25.7 Å². The predicted octanol–water partition coefficient (Wildman–Crippen LogP) is 2.21. The fourth-order valence-corrected chi connectivity index (χ4v) is 2.48. The first-order valence-corrected chi connectivity index (χ1v) is 7.48. The number of aromatic nitrogens is 2. The first-order valence-electron chi connectivity index (χ1n) is 7.48. The lowest BCUT2D eigenvalue weighted by molar-refractivity contribution is -0.137. The van der Waals surface area contributed by atoms with E-state index < -0.39 is 11.8 Å². The molecule has 1 aliphatic rings. The van der Waals surface area contributed by atoms with Crippen LogP contribution in [0.15, 0.2) is 12.4 Å². The number of esters is 1. The summed E-state index contributed by atoms with van der Waals surface area (Å²) in [6.07, 6.45) is 9.11. The van der Waals surface area contributed by atoms with Crippen molar-refractivity contribution in [2.75, 3.05) is 18.5 Å². The van der Waals surface area contributed by atoms with Gasteiger partial charge in [-0.25, -0.2) is 14.8 Å². The van der Waals surface area contributed by atoms with E-state index in [0.29, 0.717) is 11.9 Å². The van der Waals surface area contributed by atoms with Gasteiger partial charge in [0.15, 0.2) is 0 Å². The lowest BCUT2D eigenvalue weighted by Crippen LogP contribution is -2.20. The second-order valence-corrected chi connectivity index (χ2v) is 5.23. The molecule has 114 valence electrons. The van der Waals surface area contributed by atoms with Gasteiger partial charge in [0.1, 0.15) is 0 Å². The molecule has 6 nitrogen and oxygen atoms in total. The molecule has 0 bridgehead atoms. The van der Waals surface area contributed by atoms with E-state index in [4.69, 9.17) is 0 Å². The molecule has 6 heteroatoms. The van der Waals surface area contributed by atoms with Crippen LogP contribution >= 0.6 is 0 Å². The van der Waals surface area contributed by atoms with E-state index in [2.05, 4.69) is 20.0 Å². The minimum absolute atomic E-state index is 0.150. The minimum atomic E-state index is -0.871. The van der Waals surface area contributed by atoms with Crippen LogP contribution < -0.4 is 5.32 Å². The van der Waals surface area contributed by atoms with Crippen LogP contribution in [0.5, 0.6) is 0 Å². The Hall–Kier alpha value is -1.98. The fraction of sp³-hybridized carbons (Fsp3) is 0.600. The molecule has 0 amide bonds. The Bertz CT molecular complexity index is 481. The van der Waals surface area contributed by atoms with Gasteiger partial charge in [-0.15, -0.1) is 0 Å². The van der Waals surface area contributed by atoms with E-state index in [-0.39, 0.29) is 12.2 Å². The number of anilines is 1. The van der Waals surface area contributed by atoms with Crippen molar-refractivity contribution >= 4 is 17.7 Å². The highest BCUT2D eigenvalue weighted by atomic mass is 16.5. The number of carbonyl (C=O) groups excluding carboxylic acids is 2. The topological polar surface area (TPSA) is 81.2 Å². The zero-order valence-electron chi connectivity index (χ0n) is 12.3. The molecule has 1 N–H and O–H groups in total. The van der Waals surface area contributed by atoms with E-state index in [1.807, 2.05) is 0 Å². The van der Waals surface area contributed by atoms with Crippen LogP contribution in [0.1, 0.15) is 49.4 Å². The van der Waals surface area contributed by atoms with Crippen molar-refractivity contribution in [2.24, 2.45) is 5.92 Å². The van der Waals surface area contributed by atoms with Gasteiger partial charge >= 0.3 is 5.97 Å². The molecule has 0 atom stereocenters. The van der Waals surface area contributed by atoms with Gasteiger partial charge in [-0.2, -0.15) is 0 Å². The normalized spacial score (nSPS) is 15.5. The third-order valence-electron chi connectivity index (χ3n) is 3.65. The quantitative estimate of drug-likeness (QED) is 0.491. The molecule has 0 aliphatic heterocycles. The Morgan fingerprint density at radius 2 is 1.90 bits per heavy atom. The molecule has 1 aliphatic carbocycles. The molecule has 21 heavy (non-hydrogen) atoms. The van der Waals surface area contributed by atoms with Crippen LogP contribution in [0, 0.1) is 5.92 Å². The Morgan fingerprint density at radius 3 is 2.52 bits per heavy atom. The number of hydrogen-bond acceptors (Lipinski definition) is 6. The molecule has 2 rings (SSSR count). The highest BCUT2D eigenvalue weighted by Crippen LogP contribution is 2.23. The number of Topliss-reactive ketones (excluding diaryl/α,β-unsaturated/α-hetero) is 1. The average Bonchev–Trinajstić information content (AvgIpc) is 2.54. The number of ether oxygens (including phenoxy) is 1. The number of hydrogen-bond donors (Lipinski definition) is 1. The molecule has 1 saturated carbocycles. The van der Waals surface area contributed by atoms with E-state index in [9.17, 15) is 9.59 Å². The molecular weight excluding hydrogens is 270 g/mol. The molecule has 0 aromatic carbocycles. The summed E-state index contributed by atoms with van der Waals surface area (Å²) in [5.74, 6) is -0.427. The van der Waals surface area contributed by atoms with Gasteiger partial charge in [0, 0.05) is 18.9 Å². The fourth-order valence-electron chi connectivity index (χ4n) is 2.48. The van der Waals surface area contributed by atoms with Crippen LogP contribution in [-0.2, 0) is 9.53 Å². The number of nitrogens with one attached hydrogen (secondary N) is 1. The monoisotopic (exact) mass is 291 g/mol. The number of rotatable bonds is 6. The maximum absolute atomic E-state index is 11.7. The summed E-state index contributed by atoms with van der Waals surface area (Å²) in [7, 11) is 0. The third kappa shape index (κ3) is 4.51. The summed E-state index contributed by atoms with van der Waals surface area (Å²) >= 11 is 0. The van der Waals surface area contributed by atoms with Crippen LogP contribution in [-0.4, -0.2) is 34.9 Å². The second kappa shape index (κ2) is 7.71. The van der Waals surface area contributed by atoms with Crippen molar-refractivity contribution in [1.82, 2.24) is 9.97 Å². The lowest BCUT2D eigenvalue weighted by atomic mass is 9.89. The van der Waals surface area contributed by atoms with Crippen molar-refractivity contribution in [3.63, 3.8) is 0 Å². The first-order chi connectivity index (χ1) is 10.2. The van der Waals surface area contributed by atoms with Gasteiger partial charge < -0.3 is 10.1 Å². The standard InChI is InChI=1S/C15H21N3O3/c1-2-21-14(20)13(19)12-9-17-15(18-10-12)16-8-11-6-4-3-5-7-11/h9-11H,2-8H2,1H3,(H,16,17,18). The van der Waals surface area contributed by atoms with E-state index >= 15 is 0 Å². The summed E-state index contributed by atoms with van der Waals surface area (Å²) in [5, 5.41) is 3.19. The van der Waals surface area contributed by atoms with Crippen molar-refractivity contribution in [3.8, 4) is 0 Å². The molecule has 1 aromatic heterocycles. The molecule has 0 radical (unpaired) electrons. The number of ketones is 1. The molecule has 0 unspecified atom stereocenters. The maximum atomic E-state index is 11.7. The van der Waals surface area contributed by atoms with Crippen LogP contribution in [0.25, 0.3) is 0 Å². The number of nitrogens with zero attached hydrogens (tertiary/aromatic N) is 2. The molecule has 1 fully saturated rings. The third-order valence-corrected chi connectivity index (χ3v) is 3.65. The summed E-state index contributed by atoms with van der Waals surface area (Å²) in [6.45, 7) is 2.68. The summed E-state index contributed by atoms with van der Waals surface area (Å²) in [6, 6.07) is 0. The van der Waals surface area contributed by atoms with Crippen LogP contribution in [0.4, 0.5) is 5.95 Å². The van der Waals surface area contributed by atoms with E-state index in [0.717, 1.165) is 6.54 Å². The van der Waals surface area contributed by atoms with Crippen molar-refractivity contribution in [3.05, 3.63) is 18.0 Å². The SMILES string of the molecule is CCOC(=O)C(=O)c1cnc(NCC2CCCCC2)nc1. The molecule has 1 aromatic rings. The van der Waals surface area contributed by atoms with Crippen LogP contribution in [0.3, 0.4) is 0 Å². The van der Waals surface area contributed by atoms with Gasteiger partial charge in [-0.1, -0.05) is 19.3 Å². The molecular formula is C15H21N3O3. The second-order valence-electron chi connectivity index (χ2n) is 5.23. The van der Waals surface area contributed by atoms with Gasteiger partial charge in [-0.3, -0.25) is 4.79 Å². The van der Waals surface area contributed by atoms with Crippen molar-refractivity contribution in [2.45, 2.75) is 39.0 Å². The zero-order valence-corrected chi connectivity index (χ0v) is 12.3. The Labute approximate surface area is 124 Å². The van der Waals surface area contributed by atoms with Gasteiger partial charge in [0.25, 0.3) is 5.78 Å². The number of carbonyl (C=O) groups is 2. The summed E-state index contributed by atoms with van der Waals surface area (Å²) in [5.41, 5.74) is 0.150. The maximum Gasteiger partial charge on any atom is 0.379 e. The highest BCUT2D eigenvalue weighted by molar-refractivity contribution is 6.40. The Morgan fingerprint density at radius 1 is 1.24 bits per heavy atom. The van der Waals surface area contributed by atoms with Gasteiger partial charge in [0.2, 0.25) is 5.95 Å². The predicted molar refractivity (Wildman–Crippen MR) is 78.1 cm³/mol. The Balaban J connectivity index is 1.86. The van der Waals surface area contributed by atoms with Crippen LogP contribution in [0.2, 0.25) is 0 Å². The zero-order chi connectivity index (χ0) is 15.1. The lowest BCUT2D eigenvalue weighted by Gasteiger charge is -2.21.